The molecular weight excluding hydrogens is 507 g/mol. The number of rotatable bonds is 6. The van der Waals surface area contributed by atoms with Crippen LogP contribution in [0.5, 0.6) is 0 Å². The summed E-state index contributed by atoms with van der Waals surface area (Å²) in [6.07, 6.45) is 0. The third-order valence-electron chi connectivity index (χ3n) is 6.45. The van der Waals surface area contributed by atoms with Gasteiger partial charge >= 0.3 is 0 Å². The van der Waals surface area contributed by atoms with Crippen molar-refractivity contribution in [3.8, 4) is 22.6 Å². The molecule has 0 radical (unpaired) electrons. The molecule has 0 atom stereocenters. The average molecular weight is 540 g/mol. The number of aryl methyl sites for hydroxylation is 2. The quantitative estimate of drug-likeness (QED) is 0.315. The van der Waals surface area contributed by atoms with E-state index in [-0.39, 0.29) is 30.7 Å². The summed E-state index contributed by atoms with van der Waals surface area (Å²) in [6.45, 7) is 7.45. The van der Waals surface area contributed by atoms with Gasteiger partial charge in [-0.2, -0.15) is 4.98 Å². The van der Waals surface area contributed by atoms with E-state index in [4.69, 9.17) is 9.40 Å². The summed E-state index contributed by atoms with van der Waals surface area (Å²) in [5.41, 5.74) is 5.96. The van der Waals surface area contributed by atoms with Gasteiger partial charge in [0.05, 0.1) is 6.54 Å². The Kier molecular flexibility index (Phi) is 9.75. The summed E-state index contributed by atoms with van der Waals surface area (Å²) < 4.78 is 6.33. The molecule has 4 aromatic rings. The van der Waals surface area contributed by atoms with Crippen molar-refractivity contribution < 1.29 is 9.21 Å². The van der Waals surface area contributed by atoms with Crippen molar-refractivity contribution in [2.75, 3.05) is 42.9 Å². The van der Waals surface area contributed by atoms with Crippen molar-refractivity contribution in [2.24, 2.45) is 0 Å². The first-order valence-electron chi connectivity index (χ1n) is 12.0. The molecule has 37 heavy (non-hydrogen) atoms. The summed E-state index contributed by atoms with van der Waals surface area (Å²) in [5, 5.41) is 3.09. The Balaban J connectivity index is 0.00000190. The highest BCUT2D eigenvalue weighted by molar-refractivity contribution is 5.93. The molecule has 0 spiro atoms. The molecule has 5 rings (SSSR count). The number of para-hydroxylation sites is 1. The molecule has 6 nitrogen and oxygen atoms in total. The smallest absolute Gasteiger partial charge is 0.298 e. The normalized spacial score (nSPS) is 13.4. The molecule has 1 N–H and O–H groups in total. The van der Waals surface area contributed by atoms with Crippen LogP contribution in [-0.4, -0.2) is 48.5 Å². The highest BCUT2D eigenvalue weighted by Crippen LogP contribution is 2.35. The Bertz CT molecular complexity index is 1230. The first-order valence-corrected chi connectivity index (χ1v) is 12.0. The van der Waals surface area contributed by atoms with E-state index in [1.54, 1.807) is 0 Å². The van der Waals surface area contributed by atoms with Gasteiger partial charge in [0.2, 0.25) is 5.91 Å². The molecule has 1 saturated heterocycles. The number of carbonyl (C=O) groups excluding carboxylic acids is 1. The van der Waals surface area contributed by atoms with E-state index in [0.29, 0.717) is 12.6 Å². The van der Waals surface area contributed by atoms with Gasteiger partial charge in [-0.05, 0) is 25.0 Å². The van der Waals surface area contributed by atoms with Gasteiger partial charge < -0.3 is 14.6 Å². The topological polar surface area (TPSA) is 61.6 Å². The number of hydrogen-bond donors (Lipinski definition) is 1. The molecule has 0 bridgehead atoms. The van der Waals surface area contributed by atoms with Gasteiger partial charge in [0.25, 0.3) is 6.01 Å². The standard InChI is InChI=1S/C29H30N4O2.2ClH/c1-21-10-9-11-22(2)26(21)30-25(34)20-32-16-18-33(19-17-32)29-31-27(23-12-5-3-6-13-23)28(35-29)24-14-7-4-8-15-24;;/h3-15H,16-20H2,1-2H3,(H,30,34);2*1H. The largest absolute Gasteiger partial charge is 0.423 e. The van der Waals surface area contributed by atoms with Crippen LogP contribution in [-0.2, 0) is 4.79 Å². The van der Waals surface area contributed by atoms with Crippen molar-refractivity contribution in [1.29, 1.82) is 0 Å². The molecule has 1 amide bonds. The number of hydrogen-bond acceptors (Lipinski definition) is 5. The molecule has 0 saturated carbocycles. The third kappa shape index (κ3) is 6.52. The number of amides is 1. The molecule has 2 heterocycles. The van der Waals surface area contributed by atoms with Gasteiger partial charge in [-0.25, -0.2) is 0 Å². The van der Waals surface area contributed by atoms with E-state index in [9.17, 15) is 4.79 Å². The van der Waals surface area contributed by atoms with E-state index in [0.717, 1.165) is 65.6 Å². The lowest BCUT2D eigenvalue weighted by molar-refractivity contribution is -0.117. The number of oxazole rings is 1. The van der Waals surface area contributed by atoms with Gasteiger partial charge in [-0.1, -0.05) is 78.9 Å². The molecule has 1 aliphatic rings. The Morgan fingerprint density at radius 2 is 1.38 bits per heavy atom. The van der Waals surface area contributed by atoms with Crippen LogP contribution >= 0.6 is 24.8 Å². The molecule has 194 valence electrons. The first kappa shape index (κ1) is 28.3. The Morgan fingerprint density at radius 1 is 0.811 bits per heavy atom. The molecule has 1 aromatic heterocycles. The Morgan fingerprint density at radius 3 is 1.97 bits per heavy atom. The second kappa shape index (κ2) is 12.8. The van der Waals surface area contributed by atoms with Crippen LogP contribution in [0, 0.1) is 13.8 Å². The zero-order valence-electron chi connectivity index (χ0n) is 21.0. The number of aromatic nitrogens is 1. The van der Waals surface area contributed by atoms with Gasteiger partial charge in [-0.3, -0.25) is 9.69 Å². The molecule has 3 aromatic carbocycles. The van der Waals surface area contributed by atoms with Gasteiger partial charge in [0, 0.05) is 43.0 Å². The minimum absolute atomic E-state index is 0. The van der Waals surface area contributed by atoms with E-state index in [1.165, 1.54) is 0 Å². The summed E-state index contributed by atoms with van der Waals surface area (Å²) in [5.74, 6) is 0.798. The van der Waals surface area contributed by atoms with Crippen LogP contribution in [0.15, 0.2) is 83.3 Å². The van der Waals surface area contributed by atoms with Crippen molar-refractivity contribution >= 4 is 42.4 Å². The summed E-state index contributed by atoms with van der Waals surface area (Å²) in [6, 6.07) is 26.9. The van der Waals surface area contributed by atoms with Crippen molar-refractivity contribution in [3.63, 3.8) is 0 Å². The highest BCUT2D eigenvalue weighted by atomic mass is 35.5. The van der Waals surface area contributed by atoms with Gasteiger partial charge in [0.15, 0.2) is 5.76 Å². The zero-order valence-corrected chi connectivity index (χ0v) is 22.6. The predicted molar refractivity (Wildman–Crippen MR) is 155 cm³/mol. The molecule has 1 aliphatic heterocycles. The maximum atomic E-state index is 12.7. The number of anilines is 2. The van der Waals surface area contributed by atoms with E-state index in [1.807, 2.05) is 80.6 Å². The molecule has 8 heteroatoms. The Labute approximate surface area is 230 Å². The van der Waals surface area contributed by atoms with Crippen molar-refractivity contribution in [3.05, 3.63) is 90.0 Å². The zero-order chi connectivity index (χ0) is 24.2. The van der Waals surface area contributed by atoms with Gasteiger partial charge in [0.1, 0.15) is 5.69 Å². The lowest BCUT2D eigenvalue weighted by Crippen LogP contribution is -2.48. The Hall–Kier alpha value is -3.32. The SMILES string of the molecule is Cc1cccc(C)c1NC(=O)CN1CCN(c2nc(-c3ccccc3)c(-c3ccccc3)o2)CC1.Cl.Cl. The second-order valence-corrected chi connectivity index (χ2v) is 8.98. The lowest BCUT2D eigenvalue weighted by atomic mass is 10.1. The van der Waals surface area contributed by atoms with Crippen molar-refractivity contribution in [2.45, 2.75) is 13.8 Å². The van der Waals surface area contributed by atoms with Crippen LogP contribution in [0.3, 0.4) is 0 Å². The number of benzene rings is 3. The summed E-state index contributed by atoms with van der Waals surface area (Å²) in [7, 11) is 0. The van der Waals surface area contributed by atoms with E-state index in [2.05, 4.69) is 27.2 Å². The molecule has 0 aliphatic carbocycles. The number of piperazine rings is 1. The fraction of sp³-hybridized carbons (Fsp3) is 0.241. The minimum atomic E-state index is 0. The minimum Gasteiger partial charge on any atom is -0.423 e. The monoisotopic (exact) mass is 538 g/mol. The fourth-order valence-corrected chi connectivity index (χ4v) is 4.51. The maximum absolute atomic E-state index is 12.7. The summed E-state index contributed by atoms with van der Waals surface area (Å²) >= 11 is 0. The van der Waals surface area contributed by atoms with Crippen LogP contribution < -0.4 is 10.2 Å². The fourth-order valence-electron chi connectivity index (χ4n) is 4.51. The van der Waals surface area contributed by atoms with Crippen LogP contribution in [0.4, 0.5) is 11.7 Å². The highest BCUT2D eigenvalue weighted by Gasteiger charge is 2.25. The van der Waals surface area contributed by atoms with Crippen LogP contribution in [0.2, 0.25) is 0 Å². The number of carbonyl (C=O) groups is 1. The summed E-state index contributed by atoms with van der Waals surface area (Å²) in [4.78, 5) is 21.9. The molecule has 0 unspecified atom stereocenters. The molecular formula is C29H32Cl2N4O2. The van der Waals surface area contributed by atoms with Crippen molar-refractivity contribution in [1.82, 2.24) is 9.88 Å². The van der Waals surface area contributed by atoms with Crippen LogP contribution in [0.25, 0.3) is 22.6 Å². The third-order valence-corrected chi connectivity index (χ3v) is 6.45. The van der Waals surface area contributed by atoms with Crippen LogP contribution in [0.1, 0.15) is 11.1 Å². The number of halogens is 2. The average Bonchev–Trinajstić information content (AvgIpc) is 3.33. The lowest BCUT2D eigenvalue weighted by Gasteiger charge is -2.33. The predicted octanol–water partition coefficient (Wildman–Crippen LogP) is 6.23. The molecule has 1 fully saturated rings. The second-order valence-electron chi connectivity index (χ2n) is 8.98. The van der Waals surface area contributed by atoms with Gasteiger partial charge in [-0.15, -0.1) is 24.8 Å². The number of nitrogens with zero attached hydrogens (tertiary/aromatic N) is 3. The number of nitrogens with one attached hydrogen (secondary N) is 1. The van der Waals surface area contributed by atoms with E-state index < -0.39 is 0 Å². The first-order chi connectivity index (χ1) is 17.1. The van der Waals surface area contributed by atoms with E-state index >= 15 is 0 Å². The maximum Gasteiger partial charge on any atom is 0.298 e.